The molecule has 6 nitrogen and oxygen atoms in total. The van der Waals surface area contributed by atoms with Gasteiger partial charge in [-0.3, -0.25) is 9.69 Å². The molecule has 0 aromatic heterocycles. The lowest BCUT2D eigenvalue weighted by Gasteiger charge is -2.32. The average Bonchev–Trinajstić information content (AvgIpc) is 3.28. The number of ether oxygens (including phenoxy) is 2. The number of carbonyl (C=O) groups is 1. The molecule has 6 heteroatoms. The number of likely N-dealkylation sites (tertiary alicyclic amines) is 1. The zero-order valence-corrected chi connectivity index (χ0v) is 16.8. The van der Waals surface area contributed by atoms with Crippen molar-refractivity contribution in [1.82, 2.24) is 15.1 Å². The predicted octanol–water partition coefficient (Wildman–Crippen LogP) is 2.15. The molecule has 0 bridgehead atoms. The van der Waals surface area contributed by atoms with Gasteiger partial charge in [-0.15, -0.1) is 0 Å². The van der Waals surface area contributed by atoms with Crippen LogP contribution in [0.1, 0.15) is 12.0 Å². The first kappa shape index (κ1) is 19.7. The minimum atomic E-state index is 0.0417. The maximum atomic E-state index is 12.7. The maximum absolute atomic E-state index is 12.7. The lowest BCUT2D eigenvalue weighted by Crippen LogP contribution is -2.49. The van der Waals surface area contributed by atoms with Crippen LogP contribution in [-0.4, -0.2) is 67.6 Å². The summed E-state index contributed by atoms with van der Waals surface area (Å²) in [7, 11) is 0. The molecule has 0 saturated carbocycles. The standard InChI is InChI=1S/C23H29N3O3/c27-23(26-13-10-20(16-26)25-14-11-24-12-15-25)18-29-22-9-5-4-8-21(22)28-17-19-6-2-1-3-7-19/h1-9,20,24H,10-18H2. The summed E-state index contributed by atoms with van der Waals surface area (Å²) < 4.78 is 11.8. The molecule has 2 aromatic carbocycles. The second kappa shape index (κ2) is 9.76. The van der Waals surface area contributed by atoms with Crippen molar-refractivity contribution in [3.63, 3.8) is 0 Å². The Labute approximate surface area is 172 Å². The van der Waals surface area contributed by atoms with E-state index in [1.54, 1.807) is 0 Å². The summed E-state index contributed by atoms with van der Waals surface area (Å²) >= 11 is 0. The number of carbonyl (C=O) groups excluding carboxylic acids is 1. The highest BCUT2D eigenvalue weighted by atomic mass is 16.5. The van der Waals surface area contributed by atoms with Crippen molar-refractivity contribution >= 4 is 5.91 Å². The van der Waals surface area contributed by atoms with E-state index in [1.807, 2.05) is 59.5 Å². The number of rotatable bonds is 7. The minimum Gasteiger partial charge on any atom is -0.485 e. The first-order valence-electron chi connectivity index (χ1n) is 10.4. The Balaban J connectivity index is 1.28. The van der Waals surface area contributed by atoms with Gasteiger partial charge in [-0.25, -0.2) is 0 Å². The topological polar surface area (TPSA) is 54.0 Å². The smallest absolute Gasteiger partial charge is 0.260 e. The van der Waals surface area contributed by atoms with E-state index in [1.165, 1.54) is 0 Å². The van der Waals surface area contributed by atoms with Crippen LogP contribution < -0.4 is 14.8 Å². The van der Waals surface area contributed by atoms with E-state index in [-0.39, 0.29) is 12.5 Å². The lowest BCUT2D eigenvalue weighted by atomic mass is 10.2. The number of hydrogen-bond donors (Lipinski definition) is 1. The van der Waals surface area contributed by atoms with Gasteiger partial charge < -0.3 is 19.7 Å². The Morgan fingerprint density at radius 2 is 1.62 bits per heavy atom. The molecule has 1 N–H and O–H groups in total. The number of nitrogens with zero attached hydrogens (tertiary/aromatic N) is 2. The van der Waals surface area contributed by atoms with Crippen LogP contribution in [0.2, 0.25) is 0 Å². The molecule has 0 spiro atoms. The van der Waals surface area contributed by atoms with Crippen LogP contribution in [0.5, 0.6) is 11.5 Å². The first-order chi connectivity index (χ1) is 14.3. The van der Waals surface area contributed by atoms with E-state index in [2.05, 4.69) is 10.2 Å². The summed E-state index contributed by atoms with van der Waals surface area (Å²) in [5.74, 6) is 1.30. The van der Waals surface area contributed by atoms with Gasteiger partial charge in [-0.1, -0.05) is 42.5 Å². The number of piperazine rings is 1. The monoisotopic (exact) mass is 395 g/mol. The molecule has 1 atom stereocenters. The molecule has 4 rings (SSSR count). The van der Waals surface area contributed by atoms with E-state index >= 15 is 0 Å². The molecule has 0 radical (unpaired) electrons. The third-order valence-corrected chi connectivity index (χ3v) is 5.62. The lowest BCUT2D eigenvalue weighted by molar-refractivity contribution is -0.132. The van der Waals surface area contributed by atoms with Gasteiger partial charge in [0.15, 0.2) is 18.1 Å². The van der Waals surface area contributed by atoms with E-state index in [0.717, 1.165) is 51.3 Å². The number of amides is 1. The predicted molar refractivity (Wildman–Crippen MR) is 112 cm³/mol. The van der Waals surface area contributed by atoms with Gasteiger partial charge in [0.25, 0.3) is 5.91 Å². The Kier molecular flexibility index (Phi) is 6.64. The second-order valence-electron chi connectivity index (χ2n) is 7.58. The summed E-state index contributed by atoms with van der Waals surface area (Å²) in [5.41, 5.74) is 1.09. The fraction of sp³-hybridized carbons (Fsp3) is 0.435. The van der Waals surface area contributed by atoms with Gasteiger partial charge in [-0.05, 0) is 24.1 Å². The Bertz CT molecular complexity index is 793. The summed E-state index contributed by atoms with van der Waals surface area (Å²) in [6, 6.07) is 18.0. The van der Waals surface area contributed by atoms with Crippen LogP contribution in [0.3, 0.4) is 0 Å². The largest absolute Gasteiger partial charge is 0.485 e. The molecular weight excluding hydrogens is 366 g/mol. The van der Waals surface area contributed by atoms with E-state index < -0.39 is 0 Å². The molecule has 2 aliphatic rings. The highest BCUT2D eigenvalue weighted by Gasteiger charge is 2.31. The third kappa shape index (κ3) is 5.28. The van der Waals surface area contributed by atoms with E-state index in [9.17, 15) is 4.79 Å². The van der Waals surface area contributed by atoms with Crippen LogP contribution in [0.4, 0.5) is 0 Å². The third-order valence-electron chi connectivity index (χ3n) is 5.62. The SMILES string of the molecule is O=C(COc1ccccc1OCc1ccccc1)N1CCC(N2CCNCC2)C1. The van der Waals surface area contributed by atoms with Crippen LogP contribution in [-0.2, 0) is 11.4 Å². The molecule has 2 aromatic rings. The molecule has 2 saturated heterocycles. The molecule has 29 heavy (non-hydrogen) atoms. The van der Waals surface area contributed by atoms with Gasteiger partial charge in [-0.2, -0.15) is 0 Å². The van der Waals surface area contributed by atoms with Crippen molar-refractivity contribution in [1.29, 1.82) is 0 Å². The van der Waals surface area contributed by atoms with Crippen molar-refractivity contribution in [2.45, 2.75) is 19.1 Å². The second-order valence-corrected chi connectivity index (χ2v) is 7.58. The molecule has 2 aliphatic heterocycles. The van der Waals surface area contributed by atoms with Crippen LogP contribution in [0.25, 0.3) is 0 Å². The maximum Gasteiger partial charge on any atom is 0.260 e. The first-order valence-corrected chi connectivity index (χ1v) is 10.4. The fourth-order valence-electron chi connectivity index (χ4n) is 3.97. The van der Waals surface area contributed by atoms with Crippen molar-refractivity contribution < 1.29 is 14.3 Å². The molecule has 2 fully saturated rings. The summed E-state index contributed by atoms with van der Waals surface area (Å²) in [4.78, 5) is 17.1. The molecule has 1 unspecified atom stereocenters. The van der Waals surface area contributed by atoms with Crippen molar-refractivity contribution in [3.05, 3.63) is 60.2 Å². The Hall–Kier alpha value is -2.57. The average molecular weight is 396 g/mol. The number of benzene rings is 2. The summed E-state index contributed by atoms with van der Waals surface area (Å²) in [6.07, 6.45) is 1.04. The van der Waals surface area contributed by atoms with E-state index in [4.69, 9.17) is 9.47 Å². The van der Waals surface area contributed by atoms with Gasteiger partial charge >= 0.3 is 0 Å². The summed E-state index contributed by atoms with van der Waals surface area (Å²) in [6.45, 7) is 6.32. The van der Waals surface area contributed by atoms with Crippen molar-refractivity contribution in [2.75, 3.05) is 45.9 Å². The van der Waals surface area contributed by atoms with Crippen molar-refractivity contribution in [3.8, 4) is 11.5 Å². The normalized spacial score (nSPS) is 19.9. The Morgan fingerprint density at radius 1 is 0.931 bits per heavy atom. The summed E-state index contributed by atoms with van der Waals surface area (Å²) in [5, 5.41) is 3.38. The van der Waals surface area contributed by atoms with Gasteiger partial charge in [0.2, 0.25) is 0 Å². The Morgan fingerprint density at radius 3 is 2.38 bits per heavy atom. The molecular formula is C23H29N3O3. The van der Waals surface area contributed by atoms with Crippen LogP contribution in [0.15, 0.2) is 54.6 Å². The number of nitrogens with one attached hydrogen (secondary N) is 1. The molecule has 2 heterocycles. The van der Waals surface area contributed by atoms with E-state index in [0.29, 0.717) is 24.1 Å². The van der Waals surface area contributed by atoms with Gasteiger partial charge in [0, 0.05) is 45.3 Å². The highest BCUT2D eigenvalue weighted by molar-refractivity contribution is 5.78. The fourth-order valence-corrected chi connectivity index (χ4v) is 3.97. The van der Waals surface area contributed by atoms with Crippen LogP contribution in [0, 0.1) is 0 Å². The van der Waals surface area contributed by atoms with Crippen molar-refractivity contribution in [2.24, 2.45) is 0 Å². The number of para-hydroxylation sites is 2. The zero-order valence-electron chi connectivity index (χ0n) is 16.8. The minimum absolute atomic E-state index is 0.0417. The number of hydrogen-bond acceptors (Lipinski definition) is 5. The van der Waals surface area contributed by atoms with Crippen LogP contribution >= 0.6 is 0 Å². The van der Waals surface area contributed by atoms with Gasteiger partial charge in [0.05, 0.1) is 0 Å². The highest BCUT2D eigenvalue weighted by Crippen LogP contribution is 2.27. The zero-order chi connectivity index (χ0) is 19.9. The molecule has 154 valence electrons. The quantitative estimate of drug-likeness (QED) is 0.779. The van der Waals surface area contributed by atoms with Gasteiger partial charge in [0.1, 0.15) is 6.61 Å². The molecule has 1 amide bonds. The molecule has 0 aliphatic carbocycles.